The van der Waals surface area contributed by atoms with Gasteiger partial charge < -0.3 is 4.57 Å². The Morgan fingerprint density at radius 1 is 1.16 bits per heavy atom. The lowest BCUT2D eigenvalue weighted by molar-refractivity contribution is 0.415. The fourth-order valence-electron chi connectivity index (χ4n) is 2.38. The summed E-state index contributed by atoms with van der Waals surface area (Å²) in [6, 6.07) is 8.94. The van der Waals surface area contributed by atoms with E-state index in [-0.39, 0.29) is 0 Å². The molecule has 19 heavy (non-hydrogen) atoms. The van der Waals surface area contributed by atoms with Crippen molar-refractivity contribution in [3.05, 3.63) is 36.4 Å². The molecule has 0 aliphatic carbocycles. The minimum absolute atomic E-state index is 0.995. The van der Waals surface area contributed by atoms with Crippen LogP contribution in [0.3, 0.4) is 0 Å². The van der Waals surface area contributed by atoms with E-state index >= 15 is 0 Å². The summed E-state index contributed by atoms with van der Waals surface area (Å²) in [7, 11) is -0.995. The second-order valence-corrected chi connectivity index (χ2v) is 8.04. The molecule has 2 heteroatoms. The predicted octanol–water partition coefficient (Wildman–Crippen LogP) is 3.79. The van der Waals surface area contributed by atoms with Crippen LogP contribution >= 0.6 is 0 Å². The molecule has 1 nitrogen and oxygen atoms in total. The topological polar surface area (TPSA) is 3.24 Å². The van der Waals surface area contributed by atoms with E-state index in [0.717, 1.165) is 0 Å². The molecule has 0 N–H and O–H groups in total. The van der Waals surface area contributed by atoms with Crippen LogP contribution in [0.4, 0.5) is 0 Å². The zero-order chi connectivity index (χ0) is 14.1. The quantitative estimate of drug-likeness (QED) is 0.620. The summed E-state index contributed by atoms with van der Waals surface area (Å²) in [5, 5.41) is 1.55. The Hall–Kier alpha value is -0.863. The summed E-state index contributed by atoms with van der Waals surface area (Å²) in [4.78, 5) is 0. The van der Waals surface area contributed by atoms with Crippen LogP contribution in [0.5, 0.6) is 0 Å². The van der Waals surface area contributed by atoms with Crippen molar-refractivity contribution < 1.29 is 0 Å². The minimum atomic E-state index is -0.995. The summed E-state index contributed by atoms with van der Waals surface area (Å²) < 4.78 is 2.76. The van der Waals surface area contributed by atoms with Crippen molar-refractivity contribution in [1.29, 1.82) is 0 Å². The van der Waals surface area contributed by atoms with E-state index in [2.05, 4.69) is 55.8 Å². The van der Waals surface area contributed by atoms with Crippen molar-refractivity contribution in [2.75, 3.05) is 13.1 Å². The first-order valence-electron chi connectivity index (χ1n) is 7.69. The third kappa shape index (κ3) is 5.33. The molecule has 0 saturated carbocycles. The molecule has 0 bridgehead atoms. The van der Waals surface area contributed by atoms with E-state index in [1.807, 2.05) is 6.08 Å². The average molecular weight is 276 g/mol. The zero-order valence-corrected chi connectivity index (χ0v) is 14.0. The molecule has 0 amide bonds. The lowest BCUT2D eigenvalue weighted by Crippen LogP contribution is -2.47. The molecule has 1 atom stereocenters. The standard InChI is InChI=1S/C17H29NSi/c1-5-8-13-18(14-9-6-2)19(4)17-12-10-11-16(7-3)15-17/h7,10-12,15,19H,3,5-6,8-9,13-14H2,1-2,4H3. The molecular weight excluding hydrogens is 246 g/mol. The van der Waals surface area contributed by atoms with Crippen LogP contribution in [0, 0.1) is 0 Å². The zero-order valence-electron chi connectivity index (χ0n) is 12.9. The van der Waals surface area contributed by atoms with Gasteiger partial charge in [-0.2, -0.15) is 0 Å². The molecule has 0 radical (unpaired) electrons. The van der Waals surface area contributed by atoms with Crippen LogP contribution < -0.4 is 5.19 Å². The van der Waals surface area contributed by atoms with Gasteiger partial charge in [0.15, 0.2) is 0 Å². The van der Waals surface area contributed by atoms with Crippen LogP contribution in [0.25, 0.3) is 6.08 Å². The maximum absolute atomic E-state index is 3.88. The Balaban J connectivity index is 2.77. The Labute approximate surface area is 121 Å². The van der Waals surface area contributed by atoms with Crippen LogP contribution in [0.1, 0.15) is 45.1 Å². The molecule has 1 unspecified atom stereocenters. The van der Waals surface area contributed by atoms with Gasteiger partial charge in [0.1, 0.15) is 8.96 Å². The Morgan fingerprint density at radius 3 is 2.32 bits per heavy atom. The predicted molar refractivity (Wildman–Crippen MR) is 90.6 cm³/mol. The highest BCUT2D eigenvalue weighted by Crippen LogP contribution is 2.05. The first kappa shape index (κ1) is 16.2. The monoisotopic (exact) mass is 275 g/mol. The molecule has 0 saturated heterocycles. The summed E-state index contributed by atoms with van der Waals surface area (Å²) in [5.41, 5.74) is 1.25. The van der Waals surface area contributed by atoms with Gasteiger partial charge in [-0.3, -0.25) is 0 Å². The highest BCUT2D eigenvalue weighted by Gasteiger charge is 2.16. The first-order chi connectivity index (χ1) is 9.22. The summed E-state index contributed by atoms with van der Waals surface area (Å²) >= 11 is 0. The smallest absolute Gasteiger partial charge is 0.140 e. The van der Waals surface area contributed by atoms with Gasteiger partial charge in [0.25, 0.3) is 0 Å². The van der Waals surface area contributed by atoms with Gasteiger partial charge in [0.05, 0.1) is 0 Å². The van der Waals surface area contributed by atoms with Gasteiger partial charge in [-0.15, -0.1) is 0 Å². The van der Waals surface area contributed by atoms with Gasteiger partial charge in [0.2, 0.25) is 0 Å². The van der Waals surface area contributed by atoms with Crippen molar-refractivity contribution in [3.63, 3.8) is 0 Å². The number of hydrogen-bond donors (Lipinski definition) is 0. The average Bonchev–Trinajstić information content (AvgIpc) is 2.47. The van der Waals surface area contributed by atoms with Crippen LogP contribution in [0.2, 0.25) is 6.55 Å². The lowest BCUT2D eigenvalue weighted by Gasteiger charge is -2.28. The third-order valence-corrected chi connectivity index (χ3v) is 6.71. The lowest BCUT2D eigenvalue weighted by atomic mass is 10.2. The summed E-state index contributed by atoms with van der Waals surface area (Å²) in [6.45, 7) is 13.4. The fourth-order valence-corrected chi connectivity index (χ4v) is 4.76. The molecule has 1 rings (SSSR count). The van der Waals surface area contributed by atoms with Crippen molar-refractivity contribution in [2.45, 2.75) is 46.1 Å². The highest BCUT2D eigenvalue weighted by atomic mass is 28.3. The summed E-state index contributed by atoms with van der Waals surface area (Å²) in [6.07, 6.45) is 7.17. The molecule has 0 aliphatic rings. The van der Waals surface area contributed by atoms with Crippen molar-refractivity contribution in [3.8, 4) is 0 Å². The fraction of sp³-hybridized carbons (Fsp3) is 0.529. The number of unbranched alkanes of at least 4 members (excludes halogenated alkanes) is 2. The molecule has 0 heterocycles. The second-order valence-electron chi connectivity index (χ2n) is 5.29. The second kappa shape index (κ2) is 9.11. The first-order valence-corrected chi connectivity index (χ1v) is 9.94. The molecule has 1 aromatic rings. The van der Waals surface area contributed by atoms with Crippen LogP contribution in [-0.4, -0.2) is 26.6 Å². The molecule has 0 aliphatic heterocycles. The van der Waals surface area contributed by atoms with Crippen molar-refractivity contribution in [1.82, 2.24) is 4.57 Å². The van der Waals surface area contributed by atoms with Crippen LogP contribution in [0.15, 0.2) is 30.8 Å². The van der Waals surface area contributed by atoms with E-state index in [4.69, 9.17) is 0 Å². The van der Waals surface area contributed by atoms with Gasteiger partial charge in [-0.1, -0.05) is 70.2 Å². The Kier molecular flexibility index (Phi) is 7.76. The van der Waals surface area contributed by atoms with E-state index in [0.29, 0.717) is 0 Å². The molecular formula is C17H29NSi. The highest BCUT2D eigenvalue weighted by molar-refractivity contribution is 6.69. The minimum Gasteiger partial charge on any atom is -0.323 e. The molecule has 0 fully saturated rings. The molecule has 0 aromatic heterocycles. The maximum Gasteiger partial charge on any atom is 0.140 e. The molecule has 0 spiro atoms. The number of hydrogen-bond acceptors (Lipinski definition) is 1. The SMILES string of the molecule is C=Cc1cccc([SiH](C)N(CCCC)CCCC)c1. The summed E-state index contributed by atoms with van der Waals surface area (Å²) in [5.74, 6) is 0. The van der Waals surface area contributed by atoms with Crippen molar-refractivity contribution in [2.24, 2.45) is 0 Å². The van der Waals surface area contributed by atoms with Crippen molar-refractivity contribution >= 4 is 20.2 Å². The maximum atomic E-state index is 3.88. The normalized spacial score (nSPS) is 12.6. The third-order valence-electron chi connectivity index (χ3n) is 3.77. The number of benzene rings is 1. The largest absolute Gasteiger partial charge is 0.323 e. The van der Waals surface area contributed by atoms with E-state index < -0.39 is 8.96 Å². The molecule has 1 aromatic carbocycles. The number of rotatable bonds is 9. The Morgan fingerprint density at radius 2 is 1.79 bits per heavy atom. The van der Waals surface area contributed by atoms with Gasteiger partial charge in [-0.25, -0.2) is 0 Å². The van der Waals surface area contributed by atoms with Gasteiger partial charge in [-0.05, 0) is 36.7 Å². The Bertz CT molecular complexity index is 367. The van der Waals surface area contributed by atoms with Gasteiger partial charge >= 0.3 is 0 Å². The number of nitrogens with zero attached hydrogens (tertiary/aromatic N) is 1. The van der Waals surface area contributed by atoms with Gasteiger partial charge in [0, 0.05) is 0 Å². The van der Waals surface area contributed by atoms with E-state index in [1.54, 1.807) is 5.19 Å². The van der Waals surface area contributed by atoms with E-state index in [9.17, 15) is 0 Å². The molecule has 106 valence electrons. The van der Waals surface area contributed by atoms with E-state index in [1.165, 1.54) is 44.3 Å². The van der Waals surface area contributed by atoms with Crippen LogP contribution in [-0.2, 0) is 0 Å².